The van der Waals surface area contributed by atoms with E-state index in [9.17, 15) is 9.59 Å². The lowest BCUT2D eigenvalue weighted by Gasteiger charge is -2.32. The number of carbonyl (C=O) groups is 2. The van der Waals surface area contributed by atoms with Crippen LogP contribution in [0.25, 0.3) is 0 Å². The van der Waals surface area contributed by atoms with Crippen LogP contribution in [0.4, 0.5) is 11.4 Å². The van der Waals surface area contributed by atoms with Gasteiger partial charge in [0.15, 0.2) is 6.10 Å². The van der Waals surface area contributed by atoms with Gasteiger partial charge in [0.1, 0.15) is 5.75 Å². The highest BCUT2D eigenvalue weighted by Gasteiger charge is 2.31. The monoisotopic (exact) mass is 436 g/mol. The molecule has 0 fully saturated rings. The Kier molecular flexibility index (Phi) is 5.03. The largest absolute Gasteiger partial charge is 0.479 e. The molecular weight excluding hydrogens is 419 g/mol. The van der Waals surface area contributed by atoms with Crippen molar-refractivity contribution >= 4 is 45.8 Å². The van der Waals surface area contributed by atoms with Gasteiger partial charge < -0.3 is 15.0 Å². The molecule has 6 heteroatoms. The zero-order chi connectivity index (χ0) is 17.1. The first-order valence-corrected chi connectivity index (χ1v) is 8.75. The summed E-state index contributed by atoms with van der Waals surface area (Å²) < 4.78 is 6.65. The standard InChI is InChI=1S/C18H17IN2O3/c1-12-18(23)21(15-7-2-3-8-16(15)24-12)10-9-17(22)20-14-6-4-5-13(19)11-14/h2-8,11-12H,9-10H2,1H3,(H,20,22)/t12-/m0/s1. The van der Waals surface area contributed by atoms with Crippen molar-refractivity contribution in [1.29, 1.82) is 0 Å². The van der Waals surface area contributed by atoms with Gasteiger partial charge in [-0.05, 0) is 59.8 Å². The van der Waals surface area contributed by atoms with Gasteiger partial charge in [0.05, 0.1) is 5.69 Å². The van der Waals surface area contributed by atoms with Crippen molar-refractivity contribution in [3.05, 3.63) is 52.1 Å². The molecule has 1 N–H and O–H groups in total. The van der Waals surface area contributed by atoms with Gasteiger partial charge in [-0.25, -0.2) is 0 Å². The summed E-state index contributed by atoms with van der Waals surface area (Å²) >= 11 is 2.20. The minimum absolute atomic E-state index is 0.124. The van der Waals surface area contributed by atoms with Crippen LogP contribution in [-0.4, -0.2) is 24.5 Å². The van der Waals surface area contributed by atoms with Crippen LogP contribution in [0.3, 0.4) is 0 Å². The third kappa shape index (κ3) is 3.69. The quantitative estimate of drug-likeness (QED) is 0.748. The van der Waals surface area contributed by atoms with Gasteiger partial charge in [-0.3, -0.25) is 9.59 Å². The van der Waals surface area contributed by atoms with E-state index < -0.39 is 6.10 Å². The zero-order valence-corrected chi connectivity index (χ0v) is 15.3. The maximum absolute atomic E-state index is 12.4. The van der Waals surface area contributed by atoms with Crippen molar-refractivity contribution in [3.63, 3.8) is 0 Å². The van der Waals surface area contributed by atoms with E-state index in [4.69, 9.17) is 4.74 Å². The van der Waals surface area contributed by atoms with Gasteiger partial charge in [0.2, 0.25) is 5.91 Å². The van der Waals surface area contributed by atoms with Crippen molar-refractivity contribution in [2.75, 3.05) is 16.8 Å². The topological polar surface area (TPSA) is 58.6 Å². The van der Waals surface area contributed by atoms with Crippen LogP contribution in [0, 0.1) is 3.57 Å². The van der Waals surface area contributed by atoms with Gasteiger partial charge in [-0.15, -0.1) is 0 Å². The fraction of sp³-hybridized carbons (Fsp3) is 0.222. The molecule has 2 amide bonds. The number of fused-ring (bicyclic) bond motifs is 1. The molecular formula is C18H17IN2O3. The van der Waals surface area contributed by atoms with Crippen LogP contribution in [0.5, 0.6) is 5.75 Å². The summed E-state index contributed by atoms with van der Waals surface area (Å²) in [5.74, 6) is 0.416. The fourth-order valence-electron chi connectivity index (χ4n) is 2.59. The molecule has 0 bridgehead atoms. The van der Waals surface area contributed by atoms with E-state index in [0.29, 0.717) is 18.0 Å². The van der Waals surface area contributed by atoms with Gasteiger partial charge in [0.25, 0.3) is 5.91 Å². The number of nitrogens with one attached hydrogen (secondary N) is 1. The number of anilines is 2. The third-order valence-corrected chi connectivity index (χ3v) is 4.42. The van der Waals surface area contributed by atoms with Gasteiger partial charge in [0, 0.05) is 22.2 Å². The first-order valence-electron chi connectivity index (χ1n) is 7.67. The lowest BCUT2D eigenvalue weighted by molar-refractivity contribution is -0.125. The molecule has 24 heavy (non-hydrogen) atoms. The predicted octanol–water partition coefficient (Wildman–Crippen LogP) is 3.43. The van der Waals surface area contributed by atoms with E-state index >= 15 is 0 Å². The molecule has 0 spiro atoms. The number of nitrogens with zero attached hydrogens (tertiary/aromatic N) is 1. The Morgan fingerprint density at radius 2 is 2.04 bits per heavy atom. The van der Waals surface area contributed by atoms with Crippen LogP contribution in [-0.2, 0) is 9.59 Å². The van der Waals surface area contributed by atoms with Crippen molar-refractivity contribution in [1.82, 2.24) is 0 Å². The second kappa shape index (κ2) is 7.21. The molecule has 1 heterocycles. The molecule has 0 aromatic heterocycles. The first kappa shape index (κ1) is 16.8. The maximum atomic E-state index is 12.4. The highest BCUT2D eigenvalue weighted by atomic mass is 127. The molecule has 2 aromatic carbocycles. The zero-order valence-electron chi connectivity index (χ0n) is 13.2. The molecule has 0 unspecified atom stereocenters. The van der Waals surface area contributed by atoms with Crippen LogP contribution >= 0.6 is 22.6 Å². The molecule has 5 nitrogen and oxygen atoms in total. The number of carbonyl (C=O) groups excluding carboxylic acids is 2. The number of hydrogen-bond donors (Lipinski definition) is 1. The predicted molar refractivity (Wildman–Crippen MR) is 101 cm³/mol. The smallest absolute Gasteiger partial charge is 0.267 e. The average Bonchev–Trinajstić information content (AvgIpc) is 2.55. The van der Waals surface area contributed by atoms with Crippen LogP contribution in [0.1, 0.15) is 13.3 Å². The SMILES string of the molecule is C[C@@H]1Oc2ccccc2N(CCC(=O)Nc2cccc(I)c2)C1=O. The molecule has 0 saturated carbocycles. The summed E-state index contributed by atoms with van der Waals surface area (Å²) in [6.45, 7) is 2.04. The van der Waals surface area contributed by atoms with Crippen molar-refractivity contribution in [2.45, 2.75) is 19.4 Å². The van der Waals surface area contributed by atoms with E-state index in [1.54, 1.807) is 11.8 Å². The van der Waals surface area contributed by atoms with Gasteiger partial charge in [-0.1, -0.05) is 18.2 Å². The van der Waals surface area contributed by atoms with E-state index in [1.165, 1.54) is 0 Å². The molecule has 0 saturated heterocycles. The lowest BCUT2D eigenvalue weighted by atomic mass is 10.1. The Hall–Kier alpha value is -2.09. The van der Waals surface area contributed by atoms with Gasteiger partial charge >= 0.3 is 0 Å². The summed E-state index contributed by atoms with van der Waals surface area (Å²) in [7, 11) is 0. The Balaban J connectivity index is 1.67. The summed E-state index contributed by atoms with van der Waals surface area (Å²) in [4.78, 5) is 26.2. The second-order valence-corrected chi connectivity index (χ2v) is 6.77. The number of para-hydroxylation sites is 2. The van der Waals surface area contributed by atoms with Crippen molar-refractivity contribution < 1.29 is 14.3 Å². The minimum atomic E-state index is -0.543. The van der Waals surface area contributed by atoms with Gasteiger partial charge in [-0.2, -0.15) is 0 Å². The molecule has 1 atom stereocenters. The van der Waals surface area contributed by atoms with E-state index in [-0.39, 0.29) is 18.2 Å². The Morgan fingerprint density at radius 3 is 2.83 bits per heavy atom. The lowest BCUT2D eigenvalue weighted by Crippen LogP contribution is -2.45. The minimum Gasteiger partial charge on any atom is -0.479 e. The number of ether oxygens (including phenoxy) is 1. The Bertz CT molecular complexity index is 778. The molecule has 0 radical (unpaired) electrons. The number of halogens is 1. The first-order chi connectivity index (χ1) is 11.5. The molecule has 1 aliphatic rings. The van der Waals surface area contributed by atoms with E-state index in [1.807, 2.05) is 48.5 Å². The normalized spacial score (nSPS) is 16.3. The molecule has 124 valence electrons. The maximum Gasteiger partial charge on any atom is 0.267 e. The molecule has 2 aromatic rings. The Morgan fingerprint density at radius 1 is 1.25 bits per heavy atom. The Labute approximate surface area is 154 Å². The fourth-order valence-corrected chi connectivity index (χ4v) is 3.14. The van der Waals surface area contributed by atoms with E-state index in [2.05, 4.69) is 27.9 Å². The summed E-state index contributed by atoms with van der Waals surface area (Å²) in [5, 5.41) is 2.86. The number of amides is 2. The molecule has 1 aliphatic heterocycles. The highest BCUT2D eigenvalue weighted by molar-refractivity contribution is 14.1. The highest BCUT2D eigenvalue weighted by Crippen LogP contribution is 2.33. The van der Waals surface area contributed by atoms with E-state index in [0.717, 1.165) is 9.26 Å². The number of hydrogen-bond acceptors (Lipinski definition) is 3. The third-order valence-electron chi connectivity index (χ3n) is 3.74. The molecule has 3 rings (SSSR count). The second-order valence-electron chi connectivity index (χ2n) is 5.53. The summed E-state index contributed by atoms with van der Waals surface area (Å²) in [6.07, 6.45) is -0.322. The van der Waals surface area contributed by atoms with Crippen molar-refractivity contribution in [2.24, 2.45) is 0 Å². The van der Waals surface area contributed by atoms with Crippen molar-refractivity contribution in [3.8, 4) is 5.75 Å². The van der Waals surface area contributed by atoms with Crippen LogP contribution in [0.2, 0.25) is 0 Å². The number of rotatable bonds is 4. The summed E-state index contributed by atoms with van der Waals surface area (Å²) in [5.41, 5.74) is 1.47. The number of benzene rings is 2. The van der Waals surface area contributed by atoms with Crippen LogP contribution in [0.15, 0.2) is 48.5 Å². The summed E-state index contributed by atoms with van der Waals surface area (Å²) in [6, 6.07) is 15.0. The van der Waals surface area contributed by atoms with Crippen LogP contribution < -0.4 is 15.0 Å². The average molecular weight is 436 g/mol. The molecule has 0 aliphatic carbocycles.